The maximum atomic E-state index is 13.4. The Morgan fingerprint density at radius 3 is 2.86 bits per heavy atom. The summed E-state index contributed by atoms with van der Waals surface area (Å²) in [5, 5.41) is 12.5. The minimum Gasteiger partial charge on any atom is -0.383 e. The van der Waals surface area contributed by atoms with Gasteiger partial charge >= 0.3 is 0 Å². The Kier molecular flexibility index (Phi) is 4.53. The molecule has 2 aromatic heterocycles. The second-order valence-electron chi connectivity index (χ2n) is 9.13. The van der Waals surface area contributed by atoms with Gasteiger partial charge in [-0.05, 0) is 64.4 Å². The third-order valence-corrected chi connectivity index (χ3v) is 7.67. The van der Waals surface area contributed by atoms with Crippen LogP contribution in [0.4, 0.5) is 5.69 Å². The molecule has 0 saturated heterocycles. The second-order valence-corrected chi connectivity index (χ2v) is 9.13. The van der Waals surface area contributed by atoms with Gasteiger partial charge in [0.25, 0.3) is 0 Å². The second kappa shape index (κ2) is 6.97. The molecule has 2 heterocycles. The number of anilines is 1. The summed E-state index contributed by atoms with van der Waals surface area (Å²) >= 11 is 0. The summed E-state index contributed by atoms with van der Waals surface area (Å²) in [4.78, 5) is 13.4. The predicted molar refractivity (Wildman–Crippen MR) is 110 cm³/mol. The van der Waals surface area contributed by atoms with Crippen molar-refractivity contribution in [2.45, 2.75) is 70.4 Å². The number of aryl methyl sites for hydroxylation is 1. The van der Waals surface area contributed by atoms with Gasteiger partial charge in [0.15, 0.2) is 0 Å². The van der Waals surface area contributed by atoms with Gasteiger partial charge in [-0.3, -0.25) is 14.2 Å². The molecular weight excluding hydrogens is 366 g/mol. The first-order valence-electron chi connectivity index (χ1n) is 10.9. The van der Waals surface area contributed by atoms with E-state index in [1.807, 2.05) is 24.7 Å². The van der Waals surface area contributed by atoms with Crippen LogP contribution in [0.15, 0.2) is 12.3 Å². The number of aromatic nitrogens is 4. The Morgan fingerprint density at radius 2 is 2.17 bits per heavy atom. The average Bonchev–Trinajstić information content (AvgIpc) is 3.38. The van der Waals surface area contributed by atoms with Gasteiger partial charge in [-0.15, -0.1) is 0 Å². The van der Waals surface area contributed by atoms with Crippen molar-refractivity contribution >= 4 is 11.6 Å². The number of amides is 1. The molecule has 2 aromatic rings. The smallest absolute Gasteiger partial charge is 0.228 e. The van der Waals surface area contributed by atoms with E-state index in [4.69, 9.17) is 4.74 Å². The number of nitrogens with zero attached hydrogens (tertiary/aromatic N) is 4. The average molecular weight is 398 g/mol. The Morgan fingerprint density at radius 1 is 1.34 bits per heavy atom. The molecule has 6 rings (SSSR count). The zero-order chi connectivity index (χ0) is 20.2. The fourth-order valence-corrected chi connectivity index (χ4v) is 5.93. The lowest BCUT2D eigenvalue weighted by molar-refractivity contribution is -0.127. The van der Waals surface area contributed by atoms with Crippen LogP contribution in [0.5, 0.6) is 0 Å². The highest BCUT2D eigenvalue weighted by molar-refractivity contribution is 5.96. The van der Waals surface area contributed by atoms with Crippen molar-refractivity contribution in [2.75, 3.05) is 19.0 Å². The van der Waals surface area contributed by atoms with Gasteiger partial charge in [0.1, 0.15) is 0 Å². The fourth-order valence-electron chi connectivity index (χ4n) is 5.93. The molecule has 0 radical (unpaired) electrons. The molecule has 4 aliphatic carbocycles. The van der Waals surface area contributed by atoms with Crippen LogP contribution in [0.1, 0.15) is 61.6 Å². The van der Waals surface area contributed by atoms with E-state index >= 15 is 0 Å². The van der Waals surface area contributed by atoms with Crippen molar-refractivity contribution in [1.29, 1.82) is 0 Å². The first-order chi connectivity index (χ1) is 14.0. The van der Waals surface area contributed by atoms with Crippen molar-refractivity contribution in [2.24, 2.45) is 11.8 Å². The number of rotatable bonds is 7. The van der Waals surface area contributed by atoms with Crippen LogP contribution in [0.2, 0.25) is 0 Å². The maximum Gasteiger partial charge on any atom is 0.228 e. The third kappa shape index (κ3) is 2.77. The molecule has 3 atom stereocenters. The van der Waals surface area contributed by atoms with Crippen LogP contribution in [0.25, 0.3) is 0 Å². The molecule has 0 aliphatic heterocycles. The molecule has 2 bridgehead atoms. The topological polar surface area (TPSA) is 74.0 Å². The predicted octanol–water partition coefficient (Wildman–Crippen LogP) is 3.37. The Labute approximate surface area is 171 Å². The van der Waals surface area contributed by atoms with Gasteiger partial charge < -0.3 is 10.1 Å². The monoisotopic (exact) mass is 397 g/mol. The number of hydrogen-bond donors (Lipinski definition) is 1. The molecule has 7 nitrogen and oxygen atoms in total. The van der Waals surface area contributed by atoms with E-state index in [9.17, 15) is 4.79 Å². The quantitative estimate of drug-likeness (QED) is 0.777. The third-order valence-electron chi connectivity index (χ3n) is 7.67. The SMILES string of the molecule is COCCn1nc(C)c(NC(=O)C2C3CCC2(c2ccnn2C2CCC2)C3)c1C. The van der Waals surface area contributed by atoms with Crippen molar-refractivity contribution < 1.29 is 9.53 Å². The van der Waals surface area contributed by atoms with Gasteiger partial charge in [0.05, 0.1) is 42.2 Å². The van der Waals surface area contributed by atoms with Gasteiger partial charge in [0.2, 0.25) is 5.91 Å². The minimum atomic E-state index is -0.0330. The number of carbonyl (C=O) groups excluding carboxylic acids is 1. The van der Waals surface area contributed by atoms with Crippen LogP contribution in [-0.4, -0.2) is 39.2 Å². The Bertz CT molecular complexity index is 924. The molecule has 3 unspecified atom stereocenters. The lowest BCUT2D eigenvalue weighted by atomic mass is 9.58. The summed E-state index contributed by atoms with van der Waals surface area (Å²) < 4.78 is 9.34. The molecule has 156 valence electrons. The zero-order valence-corrected chi connectivity index (χ0v) is 17.6. The molecule has 4 fully saturated rings. The maximum absolute atomic E-state index is 13.4. The molecular formula is C22H31N5O2. The van der Waals surface area contributed by atoms with Gasteiger partial charge in [-0.2, -0.15) is 10.2 Å². The van der Waals surface area contributed by atoms with E-state index < -0.39 is 0 Å². The summed E-state index contributed by atoms with van der Waals surface area (Å²) in [5.41, 5.74) is 3.98. The molecule has 1 N–H and O–H groups in total. The number of ether oxygens (including phenoxy) is 1. The Hall–Kier alpha value is -2.15. The standard InChI is InChI=1S/C22H31N5O2/c1-14-20(15(2)26(25-14)11-12-29-3)24-21(28)19-16-7-9-22(19,13-16)18-8-10-23-27(18)17-5-4-6-17/h8,10,16-17,19H,4-7,9,11-13H2,1-3H3,(H,24,28). The molecule has 1 amide bonds. The highest BCUT2D eigenvalue weighted by atomic mass is 16.5. The number of methoxy groups -OCH3 is 1. The number of carbonyl (C=O) groups is 1. The van der Waals surface area contributed by atoms with Crippen LogP contribution in [0.3, 0.4) is 0 Å². The van der Waals surface area contributed by atoms with Crippen molar-refractivity contribution in [1.82, 2.24) is 19.6 Å². The summed E-state index contributed by atoms with van der Waals surface area (Å²) in [6, 6.07) is 2.70. The summed E-state index contributed by atoms with van der Waals surface area (Å²) in [5.74, 6) is 0.681. The number of fused-ring (bicyclic) bond motifs is 1. The van der Waals surface area contributed by atoms with Gasteiger partial charge in [-0.25, -0.2) is 0 Å². The Balaban J connectivity index is 1.38. The molecule has 0 spiro atoms. The first-order valence-corrected chi connectivity index (χ1v) is 10.9. The van der Waals surface area contributed by atoms with Crippen molar-refractivity contribution in [3.8, 4) is 0 Å². The van der Waals surface area contributed by atoms with Crippen molar-refractivity contribution in [3.05, 3.63) is 29.3 Å². The summed E-state index contributed by atoms with van der Waals surface area (Å²) in [7, 11) is 1.69. The van der Waals surface area contributed by atoms with E-state index in [-0.39, 0.29) is 17.2 Å². The lowest BCUT2D eigenvalue weighted by Crippen LogP contribution is -2.51. The van der Waals surface area contributed by atoms with Gasteiger partial charge in [0, 0.05) is 24.4 Å². The van der Waals surface area contributed by atoms with Crippen LogP contribution in [0, 0.1) is 25.7 Å². The van der Waals surface area contributed by atoms with E-state index in [0.717, 1.165) is 36.3 Å². The fraction of sp³-hybridized carbons (Fsp3) is 0.682. The van der Waals surface area contributed by atoms with Gasteiger partial charge in [-0.1, -0.05) is 0 Å². The van der Waals surface area contributed by atoms with Crippen LogP contribution < -0.4 is 5.32 Å². The zero-order valence-electron chi connectivity index (χ0n) is 17.6. The van der Waals surface area contributed by atoms with Crippen LogP contribution >= 0.6 is 0 Å². The normalized spacial score (nSPS) is 28.2. The minimum absolute atomic E-state index is 0.0330. The van der Waals surface area contributed by atoms with E-state index in [0.29, 0.717) is 25.1 Å². The summed E-state index contributed by atoms with van der Waals surface area (Å²) in [6.45, 7) is 5.27. The highest BCUT2D eigenvalue weighted by Crippen LogP contribution is 2.64. The molecule has 0 aromatic carbocycles. The van der Waals surface area contributed by atoms with E-state index in [2.05, 4.69) is 26.3 Å². The molecule has 4 saturated carbocycles. The van der Waals surface area contributed by atoms with Crippen LogP contribution in [-0.2, 0) is 21.5 Å². The highest BCUT2D eigenvalue weighted by Gasteiger charge is 2.64. The number of hydrogen-bond acceptors (Lipinski definition) is 4. The first kappa shape index (κ1) is 18.9. The van der Waals surface area contributed by atoms with E-state index in [1.54, 1.807) is 7.11 Å². The lowest BCUT2D eigenvalue weighted by Gasteiger charge is -2.47. The molecule has 7 heteroatoms. The molecule has 29 heavy (non-hydrogen) atoms. The van der Waals surface area contributed by atoms with E-state index in [1.165, 1.54) is 25.0 Å². The largest absolute Gasteiger partial charge is 0.383 e. The molecule has 4 aliphatic rings. The van der Waals surface area contributed by atoms with Crippen molar-refractivity contribution in [3.63, 3.8) is 0 Å². The summed E-state index contributed by atoms with van der Waals surface area (Å²) in [6.07, 6.45) is 8.99. The number of nitrogens with one attached hydrogen (secondary N) is 1.